The van der Waals surface area contributed by atoms with Crippen LogP contribution in [0.5, 0.6) is 0 Å². The van der Waals surface area contributed by atoms with Crippen LogP contribution in [-0.4, -0.2) is 24.7 Å². The molecule has 1 fully saturated rings. The molecule has 0 radical (unpaired) electrons. The average Bonchev–Trinajstić information content (AvgIpc) is 2.81. The maximum Gasteiger partial charge on any atom is 0.197 e. The molecule has 3 rings (SSSR count). The van der Waals surface area contributed by atoms with Crippen molar-refractivity contribution < 1.29 is 0 Å². The summed E-state index contributed by atoms with van der Waals surface area (Å²) in [7, 11) is 0. The monoisotopic (exact) mass is 332 g/mol. The largest absolute Gasteiger partial charge is 0.369 e. The van der Waals surface area contributed by atoms with Gasteiger partial charge in [0.1, 0.15) is 5.82 Å². The number of nitrogens with zero attached hydrogens (tertiary/aromatic N) is 4. The number of aryl methyl sites for hydroxylation is 1. The van der Waals surface area contributed by atoms with Gasteiger partial charge in [-0.3, -0.25) is 0 Å². The molecule has 0 aromatic carbocycles. The summed E-state index contributed by atoms with van der Waals surface area (Å²) in [6, 6.07) is 0. The minimum Gasteiger partial charge on any atom is -0.369 e. The first kappa shape index (κ1) is 18.5. The fourth-order valence-corrected chi connectivity index (χ4v) is 2.65. The van der Waals surface area contributed by atoms with Gasteiger partial charge in [-0.1, -0.05) is 27.7 Å². The van der Waals surface area contributed by atoms with Crippen molar-refractivity contribution in [3.05, 3.63) is 23.5 Å². The lowest BCUT2D eigenvalue weighted by Gasteiger charge is -2.21. The Balaban J connectivity index is 0.000000249. The molecule has 1 aliphatic carbocycles. The van der Waals surface area contributed by atoms with E-state index in [0.29, 0.717) is 23.2 Å². The third-order valence-corrected chi connectivity index (χ3v) is 4.35. The van der Waals surface area contributed by atoms with Gasteiger partial charge in [-0.25, -0.2) is 14.6 Å². The number of nitrogens with one attached hydrogen (secondary N) is 1. The number of H-pyrrole nitrogens is 1. The zero-order valence-electron chi connectivity index (χ0n) is 16.3. The molecule has 6 heteroatoms. The molecular formula is C18H32N6. The van der Waals surface area contributed by atoms with Gasteiger partial charge < -0.3 is 10.7 Å². The van der Waals surface area contributed by atoms with Crippen molar-refractivity contribution in [2.24, 2.45) is 5.41 Å². The number of hydrogen-bond acceptors (Lipinski definition) is 4. The molecule has 0 aliphatic heterocycles. The number of nitrogens with two attached hydrogens (primary N) is 1. The van der Waals surface area contributed by atoms with E-state index in [1.807, 2.05) is 6.92 Å². The minimum absolute atomic E-state index is 0.0220. The molecule has 1 atom stereocenters. The number of aromatic amines is 1. The number of nitrogen functional groups attached to an aromatic ring is 1. The first-order chi connectivity index (χ1) is 10.9. The molecule has 134 valence electrons. The number of hydrogen-bond donors (Lipinski definition) is 2. The van der Waals surface area contributed by atoms with Crippen LogP contribution in [0.4, 0.5) is 5.95 Å². The highest BCUT2D eigenvalue weighted by Gasteiger charge is 2.50. The average molecular weight is 332 g/mol. The van der Waals surface area contributed by atoms with Crippen LogP contribution < -0.4 is 5.73 Å². The molecule has 2 aromatic heterocycles. The van der Waals surface area contributed by atoms with E-state index in [2.05, 4.69) is 63.1 Å². The van der Waals surface area contributed by atoms with Crippen LogP contribution in [0.25, 0.3) is 0 Å². The van der Waals surface area contributed by atoms with E-state index in [9.17, 15) is 0 Å². The number of aromatic nitrogens is 5. The lowest BCUT2D eigenvalue weighted by atomic mass is 10.1. The maximum atomic E-state index is 5.21. The molecular weight excluding hydrogens is 300 g/mol. The van der Waals surface area contributed by atoms with Gasteiger partial charge in [-0.05, 0) is 39.5 Å². The van der Waals surface area contributed by atoms with Crippen LogP contribution in [-0.2, 0) is 5.54 Å². The van der Waals surface area contributed by atoms with Crippen molar-refractivity contribution in [3.8, 4) is 0 Å². The van der Waals surface area contributed by atoms with Gasteiger partial charge in [0.15, 0.2) is 11.8 Å². The Hall–Kier alpha value is -1.85. The summed E-state index contributed by atoms with van der Waals surface area (Å²) in [6.07, 6.45) is 2.93. The van der Waals surface area contributed by atoms with Gasteiger partial charge in [0.25, 0.3) is 0 Å². The fourth-order valence-electron chi connectivity index (χ4n) is 2.65. The van der Waals surface area contributed by atoms with E-state index in [-0.39, 0.29) is 5.54 Å². The van der Waals surface area contributed by atoms with Crippen LogP contribution in [0.2, 0.25) is 0 Å². The third kappa shape index (κ3) is 4.16. The zero-order chi connectivity index (χ0) is 18.3. The molecule has 24 heavy (non-hydrogen) atoms. The minimum atomic E-state index is 0.0220. The molecule has 2 aromatic rings. The third-order valence-electron chi connectivity index (χ3n) is 4.35. The van der Waals surface area contributed by atoms with Crippen molar-refractivity contribution in [1.82, 2.24) is 24.7 Å². The standard InChI is InChI=1S/C14H25N3.C4H7N3/c1-9(2)11-15-12(10-8-14(10,6)7)17(16-11)13(3,4)5;1-3-2-6-4(5)7-3/h9-10H,8H2,1-7H3;2H,1H3,(H3,5,6,7)/t10-;/m0./s1. The highest BCUT2D eigenvalue weighted by atomic mass is 15.4. The topological polar surface area (TPSA) is 85.4 Å². The summed E-state index contributed by atoms with van der Waals surface area (Å²) < 4.78 is 2.14. The molecule has 6 nitrogen and oxygen atoms in total. The van der Waals surface area contributed by atoms with Gasteiger partial charge in [0, 0.05) is 23.7 Å². The second-order valence-electron chi connectivity index (χ2n) is 8.76. The molecule has 1 saturated carbocycles. The highest BCUT2D eigenvalue weighted by molar-refractivity contribution is 5.18. The van der Waals surface area contributed by atoms with Crippen molar-refractivity contribution in [1.29, 1.82) is 0 Å². The Kier molecular flexibility index (Phi) is 4.79. The van der Waals surface area contributed by atoms with Crippen LogP contribution in [0.15, 0.2) is 6.20 Å². The molecule has 1 aliphatic rings. The predicted octanol–water partition coefficient (Wildman–Crippen LogP) is 3.97. The van der Waals surface area contributed by atoms with E-state index < -0.39 is 0 Å². The predicted molar refractivity (Wildman–Crippen MR) is 98.0 cm³/mol. The van der Waals surface area contributed by atoms with E-state index in [0.717, 1.165) is 11.5 Å². The van der Waals surface area contributed by atoms with E-state index in [1.54, 1.807) is 6.20 Å². The molecule has 0 unspecified atom stereocenters. The van der Waals surface area contributed by atoms with Crippen LogP contribution in [0.3, 0.4) is 0 Å². The Morgan fingerprint density at radius 1 is 1.33 bits per heavy atom. The van der Waals surface area contributed by atoms with E-state index in [4.69, 9.17) is 15.8 Å². The Morgan fingerprint density at radius 3 is 2.21 bits per heavy atom. The molecule has 0 bridgehead atoms. The van der Waals surface area contributed by atoms with Gasteiger partial charge >= 0.3 is 0 Å². The van der Waals surface area contributed by atoms with Crippen molar-refractivity contribution in [2.75, 3.05) is 5.73 Å². The molecule has 2 heterocycles. The second-order valence-corrected chi connectivity index (χ2v) is 8.76. The summed E-state index contributed by atoms with van der Waals surface area (Å²) in [5.41, 5.74) is 6.64. The number of anilines is 1. The summed E-state index contributed by atoms with van der Waals surface area (Å²) in [4.78, 5) is 11.3. The Labute approximate surface area is 145 Å². The lowest BCUT2D eigenvalue weighted by molar-refractivity contribution is 0.335. The summed E-state index contributed by atoms with van der Waals surface area (Å²) in [5.74, 6) is 3.64. The smallest absolute Gasteiger partial charge is 0.197 e. The van der Waals surface area contributed by atoms with Crippen molar-refractivity contribution in [2.45, 2.75) is 79.2 Å². The fraction of sp³-hybridized carbons (Fsp3) is 0.722. The lowest BCUT2D eigenvalue weighted by Crippen LogP contribution is -2.25. The van der Waals surface area contributed by atoms with Crippen LogP contribution >= 0.6 is 0 Å². The Bertz CT molecular complexity index is 670. The van der Waals surface area contributed by atoms with Gasteiger partial charge in [0.2, 0.25) is 0 Å². The van der Waals surface area contributed by atoms with Crippen LogP contribution in [0.1, 0.15) is 84.1 Å². The molecule has 0 spiro atoms. The van der Waals surface area contributed by atoms with Crippen LogP contribution in [0, 0.1) is 12.3 Å². The SMILES string of the molecule is CC(C)c1nc([C@@H]2CC2(C)C)n(C(C)(C)C)n1.Cc1cnc(N)[nH]1. The summed E-state index contributed by atoms with van der Waals surface area (Å²) in [5, 5.41) is 4.71. The number of imidazole rings is 1. The Morgan fingerprint density at radius 2 is 1.92 bits per heavy atom. The maximum absolute atomic E-state index is 5.21. The van der Waals surface area contributed by atoms with E-state index in [1.165, 1.54) is 12.2 Å². The normalized spacial score (nSPS) is 19.1. The van der Waals surface area contributed by atoms with Gasteiger partial charge in [0.05, 0.1) is 5.54 Å². The quantitative estimate of drug-likeness (QED) is 0.871. The van der Waals surface area contributed by atoms with E-state index >= 15 is 0 Å². The van der Waals surface area contributed by atoms with Crippen molar-refractivity contribution in [3.63, 3.8) is 0 Å². The summed E-state index contributed by atoms with van der Waals surface area (Å²) >= 11 is 0. The van der Waals surface area contributed by atoms with Crippen molar-refractivity contribution >= 4 is 5.95 Å². The van der Waals surface area contributed by atoms with Gasteiger partial charge in [-0.2, -0.15) is 5.10 Å². The molecule has 0 saturated heterocycles. The summed E-state index contributed by atoms with van der Waals surface area (Å²) in [6.45, 7) is 17.4. The molecule has 3 N–H and O–H groups in total. The van der Waals surface area contributed by atoms with Gasteiger partial charge in [-0.15, -0.1) is 0 Å². The first-order valence-corrected chi connectivity index (χ1v) is 8.66. The zero-order valence-corrected chi connectivity index (χ0v) is 16.3. The first-order valence-electron chi connectivity index (χ1n) is 8.66. The second kappa shape index (κ2) is 6.22. The number of rotatable bonds is 2. The molecule has 0 amide bonds. The highest BCUT2D eigenvalue weighted by Crippen LogP contribution is 2.58.